The van der Waals surface area contributed by atoms with Crippen molar-refractivity contribution in [1.29, 1.82) is 0 Å². The number of hydrogen-bond donors (Lipinski definition) is 0. The molecule has 6 nitrogen and oxygen atoms in total. The SMILES string of the molecule is Cn1ccnc1-c1cc(C[C@H]2CCN(C(=O)c3ccccc3F)C2)ncn1. The fraction of sp³-hybridized carbons (Fsp3) is 0.300. The molecule has 1 aliphatic rings. The number of carbonyl (C=O) groups excluding carboxylic acids is 1. The average Bonchev–Trinajstić information content (AvgIpc) is 3.31. The summed E-state index contributed by atoms with van der Waals surface area (Å²) in [6.45, 7) is 1.24. The third-order valence-corrected chi connectivity index (χ3v) is 4.95. The van der Waals surface area contributed by atoms with Gasteiger partial charge in [0.05, 0.1) is 5.56 Å². The van der Waals surface area contributed by atoms with Crippen molar-refractivity contribution < 1.29 is 9.18 Å². The standard InChI is InChI=1S/C20H20FN5O/c1-25-9-7-22-19(25)18-11-15(23-13-24-18)10-14-6-8-26(12-14)20(27)16-4-2-3-5-17(16)21/h2-5,7,9,11,13-14H,6,8,10,12H2,1H3/t14-/m1/s1. The van der Waals surface area contributed by atoms with Crippen LogP contribution in [0.3, 0.4) is 0 Å². The first-order valence-electron chi connectivity index (χ1n) is 8.94. The summed E-state index contributed by atoms with van der Waals surface area (Å²) in [5.74, 6) is 0.375. The Labute approximate surface area is 156 Å². The van der Waals surface area contributed by atoms with Crippen LogP contribution < -0.4 is 0 Å². The van der Waals surface area contributed by atoms with Crippen LogP contribution in [0.4, 0.5) is 4.39 Å². The van der Waals surface area contributed by atoms with Crippen molar-refractivity contribution in [3.63, 3.8) is 0 Å². The second kappa shape index (κ2) is 7.26. The van der Waals surface area contributed by atoms with Gasteiger partial charge in [-0.05, 0) is 37.0 Å². The topological polar surface area (TPSA) is 63.9 Å². The molecule has 1 atom stereocenters. The largest absolute Gasteiger partial charge is 0.338 e. The van der Waals surface area contributed by atoms with Crippen LogP contribution >= 0.6 is 0 Å². The number of rotatable bonds is 4. The minimum Gasteiger partial charge on any atom is -0.338 e. The first kappa shape index (κ1) is 17.3. The zero-order chi connectivity index (χ0) is 18.8. The van der Waals surface area contributed by atoms with E-state index in [1.54, 1.807) is 29.6 Å². The lowest BCUT2D eigenvalue weighted by molar-refractivity contribution is 0.0782. The molecule has 1 amide bonds. The van der Waals surface area contributed by atoms with Crippen LogP contribution in [0, 0.1) is 11.7 Å². The molecular formula is C20H20FN5O. The van der Waals surface area contributed by atoms with Gasteiger partial charge in [0, 0.05) is 38.2 Å². The zero-order valence-corrected chi connectivity index (χ0v) is 15.0. The van der Waals surface area contributed by atoms with Crippen LogP contribution in [0.2, 0.25) is 0 Å². The number of halogens is 1. The molecule has 3 heterocycles. The van der Waals surface area contributed by atoms with Gasteiger partial charge in [-0.25, -0.2) is 19.3 Å². The monoisotopic (exact) mass is 365 g/mol. The highest BCUT2D eigenvalue weighted by Gasteiger charge is 2.28. The van der Waals surface area contributed by atoms with Crippen LogP contribution in [0.25, 0.3) is 11.5 Å². The summed E-state index contributed by atoms with van der Waals surface area (Å²) in [5, 5.41) is 0. The molecule has 1 saturated heterocycles. The third-order valence-electron chi connectivity index (χ3n) is 4.95. The Morgan fingerprint density at radius 1 is 1.26 bits per heavy atom. The van der Waals surface area contributed by atoms with Crippen molar-refractivity contribution in [3.05, 3.63) is 66.1 Å². The molecule has 0 bridgehead atoms. The van der Waals surface area contributed by atoms with E-state index in [2.05, 4.69) is 15.0 Å². The molecule has 1 aliphatic heterocycles. The van der Waals surface area contributed by atoms with Crippen molar-refractivity contribution in [1.82, 2.24) is 24.4 Å². The highest BCUT2D eigenvalue weighted by molar-refractivity contribution is 5.94. The molecule has 4 rings (SSSR count). The molecule has 0 saturated carbocycles. The van der Waals surface area contributed by atoms with E-state index in [0.717, 1.165) is 30.1 Å². The fourth-order valence-electron chi connectivity index (χ4n) is 3.53. The van der Waals surface area contributed by atoms with Gasteiger partial charge >= 0.3 is 0 Å². The maximum Gasteiger partial charge on any atom is 0.256 e. The molecule has 0 unspecified atom stereocenters. The summed E-state index contributed by atoms with van der Waals surface area (Å²) >= 11 is 0. The average molecular weight is 365 g/mol. The summed E-state index contributed by atoms with van der Waals surface area (Å²) in [4.78, 5) is 27.3. The molecule has 1 aromatic carbocycles. The molecule has 138 valence electrons. The van der Waals surface area contributed by atoms with E-state index < -0.39 is 5.82 Å². The van der Waals surface area contributed by atoms with E-state index in [9.17, 15) is 9.18 Å². The zero-order valence-electron chi connectivity index (χ0n) is 15.0. The number of benzene rings is 1. The highest BCUT2D eigenvalue weighted by Crippen LogP contribution is 2.24. The number of amides is 1. The van der Waals surface area contributed by atoms with Crippen LogP contribution in [0.15, 0.2) is 49.1 Å². The maximum absolute atomic E-state index is 13.9. The van der Waals surface area contributed by atoms with E-state index in [-0.39, 0.29) is 11.5 Å². The minimum absolute atomic E-state index is 0.136. The maximum atomic E-state index is 13.9. The lowest BCUT2D eigenvalue weighted by Gasteiger charge is -2.17. The van der Waals surface area contributed by atoms with Gasteiger partial charge in [0.15, 0.2) is 5.82 Å². The number of hydrogen-bond acceptors (Lipinski definition) is 4. The van der Waals surface area contributed by atoms with Crippen LogP contribution in [0.1, 0.15) is 22.5 Å². The van der Waals surface area contributed by atoms with Crippen LogP contribution in [0.5, 0.6) is 0 Å². The van der Waals surface area contributed by atoms with Gasteiger partial charge in [-0.15, -0.1) is 0 Å². The smallest absolute Gasteiger partial charge is 0.256 e. The molecule has 0 aliphatic carbocycles. The van der Waals surface area contributed by atoms with Gasteiger partial charge in [0.2, 0.25) is 0 Å². The summed E-state index contributed by atoms with van der Waals surface area (Å²) < 4.78 is 15.8. The Morgan fingerprint density at radius 3 is 2.89 bits per heavy atom. The Balaban J connectivity index is 1.44. The third kappa shape index (κ3) is 3.58. The molecule has 2 aromatic heterocycles. The fourth-order valence-corrected chi connectivity index (χ4v) is 3.53. The summed E-state index contributed by atoms with van der Waals surface area (Å²) in [7, 11) is 1.92. The number of aryl methyl sites for hydroxylation is 1. The van der Waals surface area contributed by atoms with Crippen molar-refractivity contribution >= 4 is 5.91 Å². The van der Waals surface area contributed by atoms with E-state index in [1.807, 2.05) is 23.9 Å². The van der Waals surface area contributed by atoms with E-state index in [4.69, 9.17) is 0 Å². The van der Waals surface area contributed by atoms with Gasteiger partial charge in [-0.3, -0.25) is 4.79 Å². The summed E-state index contributed by atoms with van der Waals surface area (Å²) in [5.41, 5.74) is 1.84. The van der Waals surface area contributed by atoms with E-state index in [1.165, 1.54) is 12.1 Å². The van der Waals surface area contributed by atoms with Gasteiger partial charge in [-0.1, -0.05) is 12.1 Å². The Kier molecular flexibility index (Phi) is 4.66. The molecule has 27 heavy (non-hydrogen) atoms. The quantitative estimate of drug-likeness (QED) is 0.713. The highest BCUT2D eigenvalue weighted by atomic mass is 19.1. The molecule has 0 spiro atoms. The van der Waals surface area contributed by atoms with Crippen molar-refractivity contribution in [2.45, 2.75) is 12.8 Å². The van der Waals surface area contributed by atoms with Crippen molar-refractivity contribution in [2.75, 3.05) is 13.1 Å². The van der Waals surface area contributed by atoms with E-state index >= 15 is 0 Å². The normalized spacial score (nSPS) is 16.7. The Bertz CT molecular complexity index is 970. The Hall–Kier alpha value is -3.09. The second-order valence-electron chi connectivity index (χ2n) is 6.85. The predicted octanol–water partition coefficient (Wildman–Crippen LogP) is 2.72. The number of aromatic nitrogens is 4. The molecular weight excluding hydrogens is 345 g/mol. The number of imidazole rings is 1. The molecule has 0 N–H and O–H groups in total. The number of carbonyl (C=O) groups is 1. The van der Waals surface area contributed by atoms with Crippen LogP contribution in [-0.2, 0) is 13.5 Å². The predicted molar refractivity (Wildman–Crippen MR) is 98.3 cm³/mol. The number of likely N-dealkylation sites (tertiary alicyclic amines) is 1. The van der Waals surface area contributed by atoms with Crippen molar-refractivity contribution in [3.8, 4) is 11.5 Å². The van der Waals surface area contributed by atoms with Gasteiger partial charge in [0.25, 0.3) is 5.91 Å². The van der Waals surface area contributed by atoms with Crippen LogP contribution in [-0.4, -0.2) is 43.4 Å². The minimum atomic E-state index is -0.471. The lowest BCUT2D eigenvalue weighted by atomic mass is 10.0. The van der Waals surface area contributed by atoms with Gasteiger partial charge in [-0.2, -0.15) is 0 Å². The van der Waals surface area contributed by atoms with Gasteiger partial charge < -0.3 is 9.47 Å². The number of nitrogens with zero attached hydrogens (tertiary/aromatic N) is 5. The summed E-state index contributed by atoms with van der Waals surface area (Å²) in [6, 6.07) is 8.08. The first-order chi connectivity index (χ1) is 13.1. The first-order valence-corrected chi connectivity index (χ1v) is 8.94. The molecule has 3 aromatic rings. The van der Waals surface area contributed by atoms with Crippen molar-refractivity contribution in [2.24, 2.45) is 13.0 Å². The molecule has 7 heteroatoms. The van der Waals surface area contributed by atoms with E-state index in [0.29, 0.717) is 19.0 Å². The summed E-state index contributed by atoms with van der Waals surface area (Å²) in [6.07, 6.45) is 6.79. The second-order valence-corrected chi connectivity index (χ2v) is 6.85. The lowest BCUT2D eigenvalue weighted by Crippen LogP contribution is -2.29. The van der Waals surface area contributed by atoms with Gasteiger partial charge in [0.1, 0.15) is 17.8 Å². The Morgan fingerprint density at radius 2 is 2.11 bits per heavy atom. The molecule has 1 fully saturated rings. The molecule has 0 radical (unpaired) electrons.